The fraction of sp³-hybridized carbons (Fsp3) is 0.136. The van der Waals surface area contributed by atoms with Crippen molar-refractivity contribution in [2.24, 2.45) is 0 Å². The predicted molar refractivity (Wildman–Crippen MR) is 115 cm³/mol. The molecule has 0 saturated carbocycles. The van der Waals surface area contributed by atoms with Crippen LogP contribution in [0.25, 0.3) is 0 Å². The SMILES string of the molecule is Cc1nc(NC(=O)COC(=O)c2ccccc2OCc2ccccc2)c(Cl)cc1Cl. The molecule has 0 spiro atoms. The number of hydrogen-bond acceptors (Lipinski definition) is 5. The van der Waals surface area contributed by atoms with Crippen LogP contribution in [-0.4, -0.2) is 23.5 Å². The maximum absolute atomic E-state index is 12.5. The van der Waals surface area contributed by atoms with Gasteiger partial charge in [0.2, 0.25) is 0 Å². The summed E-state index contributed by atoms with van der Waals surface area (Å²) >= 11 is 12.0. The molecular formula is C22H18Cl2N2O4. The highest BCUT2D eigenvalue weighted by molar-refractivity contribution is 6.36. The quantitative estimate of drug-likeness (QED) is 0.514. The van der Waals surface area contributed by atoms with Gasteiger partial charge in [-0.1, -0.05) is 65.7 Å². The minimum atomic E-state index is -0.680. The minimum absolute atomic E-state index is 0.145. The van der Waals surface area contributed by atoms with Gasteiger partial charge in [-0.3, -0.25) is 4.79 Å². The van der Waals surface area contributed by atoms with E-state index in [0.717, 1.165) is 5.56 Å². The van der Waals surface area contributed by atoms with Crippen molar-refractivity contribution in [3.05, 3.63) is 87.5 Å². The number of rotatable bonds is 7. The van der Waals surface area contributed by atoms with Gasteiger partial charge in [-0.15, -0.1) is 0 Å². The fourth-order valence-electron chi connectivity index (χ4n) is 2.52. The zero-order valence-electron chi connectivity index (χ0n) is 16.0. The zero-order valence-corrected chi connectivity index (χ0v) is 17.5. The summed E-state index contributed by atoms with van der Waals surface area (Å²) in [5.74, 6) is -0.752. The lowest BCUT2D eigenvalue weighted by atomic mass is 10.2. The highest BCUT2D eigenvalue weighted by Gasteiger charge is 2.16. The molecule has 6 nitrogen and oxygen atoms in total. The molecule has 1 N–H and O–H groups in total. The molecule has 0 aliphatic rings. The van der Waals surface area contributed by atoms with E-state index in [1.165, 1.54) is 6.07 Å². The third-order valence-corrected chi connectivity index (χ3v) is 4.71. The summed E-state index contributed by atoms with van der Waals surface area (Å²) in [4.78, 5) is 28.7. The van der Waals surface area contributed by atoms with Crippen molar-refractivity contribution in [1.82, 2.24) is 4.98 Å². The van der Waals surface area contributed by atoms with Crippen LogP contribution in [0, 0.1) is 6.92 Å². The number of esters is 1. The number of pyridine rings is 1. The summed E-state index contributed by atoms with van der Waals surface area (Å²) in [6, 6.07) is 17.7. The van der Waals surface area contributed by atoms with Crippen LogP contribution in [-0.2, 0) is 16.1 Å². The van der Waals surface area contributed by atoms with Crippen molar-refractivity contribution in [1.29, 1.82) is 0 Å². The van der Waals surface area contributed by atoms with Gasteiger partial charge in [-0.2, -0.15) is 0 Å². The smallest absolute Gasteiger partial charge is 0.342 e. The molecule has 0 aliphatic carbocycles. The van der Waals surface area contributed by atoms with Gasteiger partial charge in [0.05, 0.1) is 15.7 Å². The summed E-state index contributed by atoms with van der Waals surface area (Å²) in [6.07, 6.45) is 0. The molecule has 3 rings (SSSR count). The number of nitrogens with zero attached hydrogens (tertiary/aromatic N) is 1. The standard InChI is InChI=1S/C22H18Cl2N2O4/c1-14-17(23)11-18(24)21(25-14)26-20(27)13-30-22(28)16-9-5-6-10-19(16)29-12-15-7-3-2-4-8-15/h2-11H,12-13H2,1H3,(H,25,26,27). The molecule has 0 fully saturated rings. The van der Waals surface area contributed by atoms with Crippen molar-refractivity contribution in [3.63, 3.8) is 0 Å². The number of aryl methyl sites for hydroxylation is 1. The minimum Gasteiger partial charge on any atom is -0.488 e. The van der Waals surface area contributed by atoms with Crippen LogP contribution in [0.4, 0.5) is 5.82 Å². The van der Waals surface area contributed by atoms with E-state index >= 15 is 0 Å². The first-order valence-electron chi connectivity index (χ1n) is 8.99. The number of anilines is 1. The molecule has 1 heterocycles. The lowest BCUT2D eigenvalue weighted by Gasteiger charge is -2.12. The molecule has 30 heavy (non-hydrogen) atoms. The summed E-state index contributed by atoms with van der Waals surface area (Å²) in [5, 5.41) is 3.07. The number of carbonyl (C=O) groups is 2. The van der Waals surface area contributed by atoms with Crippen molar-refractivity contribution in [2.75, 3.05) is 11.9 Å². The molecule has 0 unspecified atom stereocenters. The first kappa shape index (κ1) is 21.6. The Balaban J connectivity index is 1.59. The van der Waals surface area contributed by atoms with E-state index in [1.54, 1.807) is 31.2 Å². The molecule has 2 aromatic carbocycles. The summed E-state index contributed by atoms with van der Waals surface area (Å²) < 4.78 is 10.9. The van der Waals surface area contributed by atoms with Gasteiger partial charge in [0.15, 0.2) is 12.4 Å². The molecule has 0 aliphatic heterocycles. The normalized spacial score (nSPS) is 10.4. The number of carbonyl (C=O) groups excluding carboxylic acids is 2. The average Bonchev–Trinajstić information content (AvgIpc) is 2.75. The molecule has 0 atom stereocenters. The number of amides is 1. The molecule has 154 valence electrons. The molecule has 8 heteroatoms. The molecule has 1 aromatic heterocycles. The number of ether oxygens (including phenoxy) is 2. The maximum atomic E-state index is 12.5. The van der Waals surface area contributed by atoms with E-state index in [4.69, 9.17) is 32.7 Å². The van der Waals surface area contributed by atoms with E-state index in [1.807, 2.05) is 30.3 Å². The van der Waals surface area contributed by atoms with Crippen molar-refractivity contribution >= 4 is 40.9 Å². The molecule has 0 radical (unpaired) electrons. The summed E-state index contributed by atoms with van der Waals surface area (Å²) in [6.45, 7) is 1.47. The lowest BCUT2D eigenvalue weighted by Crippen LogP contribution is -2.22. The van der Waals surface area contributed by atoms with E-state index in [-0.39, 0.29) is 16.4 Å². The molecule has 1 amide bonds. The number of para-hydroxylation sites is 1. The maximum Gasteiger partial charge on any atom is 0.342 e. The third kappa shape index (κ3) is 5.72. The third-order valence-electron chi connectivity index (χ3n) is 4.04. The molecule has 3 aromatic rings. The Morgan fingerprint density at radius 2 is 1.70 bits per heavy atom. The highest BCUT2D eigenvalue weighted by atomic mass is 35.5. The number of aromatic nitrogens is 1. The second-order valence-electron chi connectivity index (χ2n) is 6.28. The van der Waals surface area contributed by atoms with Crippen molar-refractivity contribution in [3.8, 4) is 5.75 Å². The average molecular weight is 445 g/mol. The van der Waals surface area contributed by atoms with Crippen LogP contribution in [0.2, 0.25) is 10.0 Å². The molecule has 0 saturated heterocycles. The molecular weight excluding hydrogens is 427 g/mol. The second kappa shape index (κ2) is 10.1. The number of benzene rings is 2. The number of halogens is 2. The first-order valence-corrected chi connectivity index (χ1v) is 9.75. The van der Waals surface area contributed by atoms with E-state index in [0.29, 0.717) is 23.1 Å². The number of hydrogen-bond donors (Lipinski definition) is 1. The Bertz CT molecular complexity index is 1060. The summed E-state index contributed by atoms with van der Waals surface area (Å²) in [5.41, 5.74) is 1.69. The van der Waals surface area contributed by atoms with Gasteiger partial charge in [0, 0.05) is 0 Å². The largest absolute Gasteiger partial charge is 0.488 e. The Morgan fingerprint density at radius 1 is 1.00 bits per heavy atom. The fourth-order valence-corrected chi connectivity index (χ4v) is 2.93. The van der Waals surface area contributed by atoms with E-state index in [2.05, 4.69) is 10.3 Å². The van der Waals surface area contributed by atoms with Crippen LogP contribution in [0.15, 0.2) is 60.7 Å². The zero-order chi connectivity index (χ0) is 21.5. The van der Waals surface area contributed by atoms with Crippen LogP contribution in [0.3, 0.4) is 0 Å². The van der Waals surface area contributed by atoms with E-state index in [9.17, 15) is 9.59 Å². The monoisotopic (exact) mass is 444 g/mol. The molecule has 0 bridgehead atoms. The van der Waals surface area contributed by atoms with Gasteiger partial charge >= 0.3 is 5.97 Å². The Kier molecular flexibility index (Phi) is 7.27. The predicted octanol–water partition coefficient (Wildman–Crippen LogP) is 5.07. The highest BCUT2D eigenvalue weighted by Crippen LogP contribution is 2.25. The topological polar surface area (TPSA) is 77.5 Å². The van der Waals surface area contributed by atoms with Gasteiger partial charge in [0.1, 0.15) is 17.9 Å². The Labute approximate surface area is 183 Å². The Hall–Kier alpha value is -3.09. The van der Waals surface area contributed by atoms with Crippen molar-refractivity contribution in [2.45, 2.75) is 13.5 Å². The van der Waals surface area contributed by atoms with Crippen LogP contribution in [0.5, 0.6) is 5.75 Å². The first-order chi connectivity index (χ1) is 14.4. The number of nitrogens with one attached hydrogen (secondary N) is 1. The van der Waals surface area contributed by atoms with Gasteiger partial charge in [-0.25, -0.2) is 9.78 Å². The van der Waals surface area contributed by atoms with Crippen LogP contribution < -0.4 is 10.1 Å². The lowest BCUT2D eigenvalue weighted by molar-refractivity contribution is -0.119. The van der Waals surface area contributed by atoms with Crippen LogP contribution in [0.1, 0.15) is 21.6 Å². The van der Waals surface area contributed by atoms with Gasteiger partial charge < -0.3 is 14.8 Å². The second-order valence-corrected chi connectivity index (χ2v) is 7.10. The van der Waals surface area contributed by atoms with Crippen molar-refractivity contribution < 1.29 is 19.1 Å². The summed E-state index contributed by atoms with van der Waals surface area (Å²) in [7, 11) is 0. The van der Waals surface area contributed by atoms with Crippen LogP contribution >= 0.6 is 23.2 Å². The van der Waals surface area contributed by atoms with E-state index < -0.39 is 18.5 Å². The van der Waals surface area contributed by atoms with Gasteiger partial charge in [-0.05, 0) is 30.7 Å². The Morgan fingerprint density at radius 3 is 2.47 bits per heavy atom. The van der Waals surface area contributed by atoms with Gasteiger partial charge in [0.25, 0.3) is 5.91 Å².